The first-order valence-electron chi connectivity index (χ1n) is 6.05. The molecule has 0 aliphatic carbocycles. The van der Waals surface area contributed by atoms with E-state index in [1.165, 1.54) is 5.56 Å². The Bertz CT molecular complexity index is 372. The maximum atomic E-state index is 10.9. The number of carboxylic acid groups (broad SMARTS) is 1. The fourth-order valence-corrected chi connectivity index (χ4v) is 2.37. The van der Waals surface area contributed by atoms with Gasteiger partial charge in [-0.05, 0) is 44.5 Å². The van der Waals surface area contributed by atoms with Crippen molar-refractivity contribution >= 4 is 5.97 Å². The van der Waals surface area contributed by atoms with Crippen molar-refractivity contribution in [2.75, 3.05) is 13.1 Å². The zero-order valence-corrected chi connectivity index (χ0v) is 10.0. The van der Waals surface area contributed by atoms with Crippen molar-refractivity contribution in [2.45, 2.75) is 25.8 Å². The van der Waals surface area contributed by atoms with Crippen LogP contribution in [0.2, 0.25) is 0 Å². The summed E-state index contributed by atoms with van der Waals surface area (Å²) in [5.41, 5.74) is 1.20. The second-order valence-corrected chi connectivity index (χ2v) is 4.61. The van der Waals surface area contributed by atoms with Gasteiger partial charge in [0.25, 0.3) is 0 Å². The number of rotatable bonds is 3. The number of hydrogen-bond acceptors (Lipinski definition) is 3. The standard InChI is InChI=1S/C13H18N2O2/c1-10(12-3-2-6-14-9-12)15-7-4-11(5-8-15)13(16)17/h2-3,6,9-11H,4-5,7-8H2,1H3,(H,16,17). The Balaban J connectivity index is 1.95. The lowest BCUT2D eigenvalue weighted by atomic mass is 9.95. The minimum Gasteiger partial charge on any atom is -0.481 e. The van der Waals surface area contributed by atoms with Gasteiger partial charge in [0.05, 0.1) is 5.92 Å². The molecule has 1 saturated heterocycles. The fourth-order valence-electron chi connectivity index (χ4n) is 2.37. The Morgan fingerprint density at radius 3 is 2.76 bits per heavy atom. The molecule has 4 nitrogen and oxygen atoms in total. The average Bonchev–Trinajstić information content (AvgIpc) is 2.39. The van der Waals surface area contributed by atoms with Gasteiger partial charge in [-0.2, -0.15) is 0 Å². The normalized spacial score (nSPS) is 20.1. The first-order valence-corrected chi connectivity index (χ1v) is 6.05. The molecule has 1 unspecified atom stereocenters. The lowest BCUT2D eigenvalue weighted by Gasteiger charge is -2.34. The van der Waals surface area contributed by atoms with Gasteiger partial charge in [0.2, 0.25) is 0 Å². The summed E-state index contributed by atoms with van der Waals surface area (Å²) in [6.45, 7) is 3.86. The van der Waals surface area contributed by atoms with Crippen LogP contribution >= 0.6 is 0 Å². The molecule has 0 aromatic carbocycles. The second-order valence-electron chi connectivity index (χ2n) is 4.61. The molecular formula is C13H18N2O2. The topological polar surface area (TPSA) is 53.4 Å². The van der Waals surface area contributed by atoms with E-state index in [-0.39, 0.29) is 5.92 Å². The van der Waals surface area contributed by atoms with Crippen molar-refractivity contribution in [1.29, 1.82) is 0 Å². The van der Waals surface area contributed by atoms with Crippen LogP contribution < -0.4 is 0 Å². The molecule has 0 radical (unpaired) electrons. The second kappa shape index (κ2) is 5.27. The molecule has 4 heteroatoms. The maximum absolute atomic E-state index is 10.9. The largest absolute Gasteiger partial charge is 0.481 e. The minimum absolute atomic E-state index is 0.160. The number of hydrogen-bond donors (Lipinski definition) is 1. The van der Waals surface area contributed by atoms with E-state index >= 15 is 0 Å². The third-order valence-electron chi connectivity index (χ3n) is 3.59. The third-order valence-corrected chi connectivity index (χ3v) is 3.59. The van der Waals surface area contributed by atoms with Crippen LogP contribution in [-0.4, -0.2) is 34.0 Å². The number of aliphatic carboxylic acids is 1. The summed E-state index contributed by atoms with van der Waals surface area (Å²) < 4.78 is 0. The third kappa shape index (κ3) is 2.82. The molecule has 1 aliphatic rings. The number of piperidine rings is 1. The molecule has 1 N–H and O–H groups in total. The molecule has 0 bridgehead atoms. The molecule has 17 heavy (non-hydrogen) atoms. The van der Waals surface area contributed by atoms with Crippen molar-refractivity contribution in [3.63, 3.8) is 0 Å². The van der Waals surface area contributed by atoms with Crippen LogP contribution in [0.4, 0.5) is 0 Å². The number of nitrogens with zero attached hydrogens (tertiary/aromatic N) is 2. The zero-order chi connectivity index (χ0) is 12.3. The van der Waals surface area contributed by atoms with Gasteiger partial charge in [-0.15, -0.1) is 0 Å². The summed E-state index contributed by atoms with van der Waals surface area (Å²) in [6, 6.07) is 4.33. The summed E-state index contributed by atoms with van der Waals surface area (Å²) in [5, 5.41) is 8.95. The lowest BCUT2D eigenvalue weighted by molar-refractivity contribution is -0.143. The maximum Gasteiger partial charge on any atom is 0.306 e. The lowest BCUT2D eigenvalue weighted by Crippen LogP contribution is -2.37. The molecule has 0 saturated carbocycles. The Labute approximate surface area is 101 Å². The van der Waals surface area contributed by atoms with E-state index in [2.05, 4.69) is 22.9 Å². The van der Waals surface area contributed by atoms with Gasteiger partial charge in [-0.25, -0.2) is 0 Å². The molecule has 1 atom stereocenters. The quantitative estimate of drug-likeness (QED) is 0.868. The smallest absolute Gasteiger partial charge is 0.306 e. The van der Waals surface area contributed by atoms with Crippen molar-refractivity contribution in [3.8, 4) is 0 Å². The van der Waals surface area contributed by atoms with Crippen LogP contribution in [0.1, 0.15) is 31.4 Å². The van der Waals surface area contributed by atoms with Crippen LogP contribution in [-0.2, 0) is 4.79 Å². The van der Waals surface area contributed by atoms with Gasteiger partial charge >= 0.3 is 5.97 Å². The summed E-state index contributed by atoms with van der Waals surface area (Å²) in [4.78, 5) is 17.3. The van der Waals surface area contributed by atoms with Crippen molar-refractivity contribution in [1.82, 2.24) is 9.88 Å². The van der Waals surface area contributed by atoms with Gasteiger partial charge in [0, 0.05) is 18.4 Å². The number of carboxylic acids is 1. The number of aromatic nitrogens is 1. The molecule has 1 aromatic heterocycles. The van der Waals surface area contributed by atoms with E-state index < -0.39 is 5.97 Å². The fraction of sp³-hybridized carbons (Fsp3) is 0.538. The molecule has 2 heterocycles. The van der Waals surface area contributed by atoms with E-state index in [4.69, 9.17) is 5.11 Å². The highest BCUT2D eigenvalue weighted by molar-refractivity contribution is 5.70. The first-order chi connectivity index (χ1) is 8.18. The molecule has 2 rings (SSSR count). The molecule has 0 spiro atoms. The van der Waals surface area contributed by atoms with E-state index in [0.717, 1.165) is 25.9 Å². The summed E-state index contributed by atoms with van der Waals surface area (Å²) >= 11 is 0. The Hall–Kier alpha value is -1.42. The van der Waals surface area contributed by atoms with Gasteiger partial charge in [0.15, 0.2) is 0 Å². The Morgan fingerprint density at radius 2 is 2.24 bits per heavy atom. The number of pyridine rings is 1. The molecule has 1 fully saturated rings. The highest BCUT2D eigenvalue weighted by Gasteiger charge is 2.27. The molecule has 1 aromatic rings. The summed E-state index contributed by atoms with van der Waals surface area (Å²) in [6.07, 6.45) is 5.15. The van der Waals surface area contributed by atoms with Crippen LogP contribution in [0.3, 0.4) is 0 Å². The van der Waals surface area contributed by atoms with Crippen molar-refractivity contribution < 1.29 is 9.90 Å². The van der Waals surface area contributed by atoms with E-state index in [1.807, 2.05) is 12.3 Å². The van der Waals surface area contributed by atoms with Gasteiger partial charge in [0.1, 0.15) is 0 Å². The summed E-state index contributed by atoms with van der Waals surface area (Å²) in [5.74, 6) is -0.814. The van der Waals surface area contributed by atoms with Gasteiger partial charge < -0.3 is 5.11 Å². The van der Waals surface area contributed by atoms with E-state index in [0.29, 0.717) is 6.04 Å². The SMILES string of the molecule is CC(c1cccnc1)N1CCC(C(=O)O)CC1. The predicted octanol–water partition coefficient (Wildman–Crippen LogP) is 1.94. The predicted molar refractivity (Wildman–Crippen MR) is 64.6 cm³/mol. The Morgan fingerprint density at radius 1 is 1.53 bits per heavy atom. The Kier molecular flexibility index (Phi) is 3.74. The van der Waals surface area contributed by atoms with Gasteiger partial charge in [-0.3, -0.25) is 14.7 Å². The van der Waals surface area contributed by atoms with Gasteiger partial charge in [-0.1, -0.05) is 6.07 Å². The van der Waals surface area contributed by atoms with Crippen LogP contribution in [0, 0.1) is 5.92 Å². The molecule has 0 amide bonds. The highest BCUT2D eigenvalue weighted by Crippen LogP contribution is 2.26. The van der Waals surface area contributed by atoms with Crippen LogP contribution in [0.25, 0.3) is 0 Å². The molecule has 1 aliphatic heterocycles. The first kappa shape index (κ1) is 12.0. The number of carbonyl (C=O) groups is 1. The van der Waals surface area contributed by atoms with E-state index in [9.17, 15) is 4.79 Å². The van der Waals surface area contributed by atoms with Crippen LogP contribution in [0.15, 0.2) is 24.5 Å². The number of likely N-dealkylation sites (tertiary alicyclic amines) is 1. The molecular weight excluding hydrogens is 216 g/mol. The van der Waals surface area contributed by atoms with Crippen molar-refractivity contribution in [2.24, 2.45) is 5.92 Å². The summed E-state index contributed by atoms with van der Waals surface area (Å²) in [7, 11) is 0. The van der Waals surface area contributed by atoms with Crippen LogP contribution in [0.5, 0.6) is 0 Å². The molecule has 92 valence electrons. The zero-order valence-electron chi connectivity index (χ0n) is 10.0. The monoisotopic (exact) mass is 234 g/mol. The van der Waals surface area contributed by atoms with E-state index in [1.54, 1.807) is 6.20 Å². The average molecular weight is 234 g/mol. The minimum atomic E-state index is -0.654. The highest BCUT2D eigenvalue weighted by atomic mass is 16.4. The van der Waals surface area contributed by atoms with Crippen molar-refractivity contribution in [3.05, 3.63) is 30.1 Å².